The van der Waals surface area contributed by atoms with Gasteiger partial charge in [0.2, 0.25) is 0 Å². The van der Waals surface area contributed by atoms with Gasteiger partial charge in [-0.3, -0.25) is 0 Å². The second-order valence-electron chi connectivity index (χ2n) is 5.27. The summed E-state index contributed by atoms with van der Waals surface area (Å²) in [7, 11) is 1.11. The molecule has 1 aromatic rings. The minimum Gasteiger partial charge on any atom is -0.437 e. The fraction of sp³-hybridized carbons (Fsp3) is 0.312. The molecule has 1 atom stereocenters. The normalized spacial score (nSPS) is 17.6. The van der Waals surface area contributed by atoms with E-state index in [9.17, 15) is 18.0 Å². The van der Waals surface area contributed by atoms with Crippen LogP contribution in [-0.2, 0) is 15.7 Å². The molecule has 1 aromatic carbocycles. The summed E-state index contributed by atoms with van der Waals surface area (Å²) in [6, 6.07) is 5.04. The average molecular weight is 379 g/mol. The van der Waals surface area contributed by atoms with Crippen molar-refractivity contribution in [3.63, 3.8) is 0 Å². The van der Waals surface area contributed by atoms with Crippen molar-refractivity contribution in [3.8, 4) is 0 Å². The van der Waals surface area contributed by atoms with Gasteiger partial charge in [0, 0.05) is 11.4 Å². The van der Waals surface area contributed by atoms with Crippen LogP contribution in [0.15, 0.2) is 47.1 Å². The summed E-state index contributed by atoms with van der Waals surface area (Å²) in [6.45, 7) is 3.22. The van der Waals surface area contributed by atoms with Gasteiger partial charge in [0.05, 0.1) is 24.3 Å². The first-order chi connectivity index (χ1) is 11.2. The number of rotatable bonds is 2. The van der Waals surface area contributed by atoms with E-state index in [0.29, 0.717) is 11.4 Å². The van der Waals surface area contributed by atoms with E-state index in [0.717, 1.165) is 13.2 Å². The number of benzene rings is 1. The maximum atomic E-state index is 13.4. The summed E-state index contributed by atoms with van der Waals surface area (Å²) in [5.41, 5.74) is 6.09. The lowest BCUT2D eigenvalue weighted by Gasteiger charge is -2.30. The van der Waals surface area contributed by atoms with E-state index >= 15 is 0 Å². The third-order valence-electron chi connectivity index (χ3n) is 3.69. The average Bonchev–Trinajstić information content (AvgIpc) is 2.52. The van der Waals surface area contributed by atoms with Crippen molar-refractivity contribution in [1.29, 1.82) is 0 Å². The molecule has 2 rings (SSSR count). The number of halogens is 4. The molecule has 0 amide bonds. The van der Waals surface area contributed by atoms with Crippen molar-refractivity contribution in [3.05, 3.63) is 58.2 Å². The molecule has 9 heteroatoms. The quantitative estimate of drug-likeness (QED) is 0.760. The predicted molar refractivity (Wildman–Crippen MR) is 87.6 cm³/mol. The molecule has 138 valence electrons. The molecule has 0 bridgehead atoms. The van der Waals surface area contributed by atoms with Crippen molar-refractivity contribution >= 4 is 18.6 Å². The number of hydrogen-bond donors (Lipinski definition) is 2. The highest BCUT2D eigenvalue weighted by molar-refractivity contribution is 5.85. The van der Waals surface area contributed by atoms with Gasteiger partial charge >= 0.3 is 12.3 Å². The summed E-state index contributed by atoms with van der Waals surface area (Å²) in [5, 5.41) is 2.89. The molecule has 1 unspecified atom stereocenters. The molecule has 0 saturated heterocycles. The molecule has 25 heavy (non-hydrogen) atoms. The van der Waals surface area contributed by atoms with Crippen molar-refractivity contribution in [2.24, 2.45) is 5.73 Å². The number of dihydropyridines is 1. The number of nitrogens with one attached hydrogen (secondary N) is 1. The molecule has 0 aliphatic carbocycles. The first-order valence-corrected chi connectivity index (χ1v) is 7.02. The van der Waals surface area contributed by atoms with Gasteiger partial charge in [0.1, 0.15) is 5.76 Å². The first kappa shape index (κ1) is 20.7. The van der Waals surface area contributed by atoms with Crippen LogP contribution in [0.1, 0.15) is 30.9 Å². The van der Waals surface area contributed by atoms with Crippen LogP contribution in [-0.4, -0.2) is 13.3 Å². The van der Waals surface area contributed by atoms with Gasteiger partial charge in [-0.25, -0.2) is 4.79 Å². The topological polar surface area (TPSA) is 73.6 Å². The summed E-state index contributed by atoms with van der Waals surface area (Å²) >= 11 is 0. The van der Waals surface area contributed by atoms with Gasteiger partial charge in [-0.1, -0.05) is 18.2 Å². The number of carbonyl (C=O) groups is 1. The maximum Gasteiger partial charge on any atom is 0.513 e. The van der Waals surface area contributed by atoms with Crippen LogP contribution in [0.5, 0.6) is 0 Å². The zero-order valence-corrected chi connectivity index (χ0v) is 14.5. The van der Waals surface area contributed by atoms with Crippen molar-refractivity contribution in [2.75, 3.05) is 7.11 Å². The minimum absolute atomic E-state index is 0. The van der Waals surface area contributed by atoms with E-state index < -0.39 is 23.8 Å². The number of hydrogen-bond acceptors (Lipinski definition) is 5. The number of methoxy groups -OCH3 is 1. The second kappa shape index (κ2) is 7.69. The summed E-state index contributed by atoms with van der Waals surface area (Å²) < 4.78 is 49.6. The number of nitrogens with two attached hydrogens (primary N) is 1. The van der Waals surface area contributed by atoms with E-state index in [4.69, 9.17) is 10.5 Å². The fourth-order valence-electron chi connectivity index (χ4n) is 2.57. The monoisotopic (exact) mass is 378 g/mol. The highest BCUT2D eigenvalue weighted by Crippen LogP contribution is 2.42. The first-order valence-electron chi connectivity index (χ1n) is 7.02. The van der Waals surface area contributed by atoms with Gasteiger partial charge in [0.15, 0.2) is 0 Å². The SMILES string of the molecule is COC(=O)OC1=C(C)NC(C)=C(N)C1c1ccccc1C(F)(F)F.Cl. The van der Waals surface area contributed by atoms with Crippen LogP contribution in [0, 0.1) is 0 Å². The lowest BCUT2D eigenvalue weighted by Crippen LogP contribution is -2.31. The predicted octanol–water partition coefficient (Wildman–Crippen LogP) is 4.02. The lowest BCUT2D eigenvalue weighted by atomic mass is 9.86. The largest absolute Gasteiger partial charge is 0.513 e. The molecule has 0 saturated carbocycles. The Morgan fingerprint density at radius 3 is 2.36 bits per heavy atom. The van der Waals surface area contributed by atoms with Crippen LogP contribution >= 0.6 is 12.4 Å². The van der Waals surface area contributed by atoms with Crippen molar-refractivity contribution in [2.45, 2.75) is 25.9 Å². The van der Waals surface area contributed by atoms with Crippen molar-refractivity contribution in [1.82, 2.24) is 5.32 Å². The van der Waals surface area contributed by atoms with Gasteiger partial charge in [-0.05, 0) is 25.5 Å². The lowest BCUT2D eigenvalue weighted by molar-refractivity contribution is -0.138. The molecule has 1 aliphatic rings. The Balaban J connectivity index is 0.00000312. The molecule has 1 aliphatic heterocycles. The van der Waals surface area contributed by atoms with E-state index in [-0.39, 0.29) is 29.4 Å². The number of ether oxygens (including phenoxy) is 2. The fourth-order valence-corrected chi connectivity index (χ4v) is 2.57. The summed E-state index contributed by atoms with van der Waals surface area (Å²) in [4.78, 5) is 11.5. The second-order valence-corrected chi connectivity index (χ2v) is 5.27. The molecule has 5 nitrogen and oxygen atoms in total. The zero-order valence-electron chi connectivity index (χ0n) is 13.7. The summed E-state index contributed by atoms with van der Waals surface area (Å²) in [5.74, 6) is -1.08. The molecule has 0 fully saturated rings. The standard InChI is InChI=1S/C16H17F3N2O3.ClH/c1-8-13(20)12(14(9(2)21-8)24-15(22)23-3)10-6-4-5-7-11(10)16(17,18)19;/h4-7,12,21H,20H2,1-3H3;1H. The van der Waals surface area contributed by atoms with Crippen molar-refractivity contribution < 1.29 is 27.4 Å². The smallest absolute Gasteiger partial charge is 0.437 e. The number of allylic oxidation sites excluding steroid dienone is 2. The van der Waals surface area contributed by atoms with E-state index in [1.54, 1.807) is 13.8 Å². The Labute approximate surface area is 149 Å². The van der Waals surface area contributed by atoms with Crippen LogP contribution in [0.4, 0.5) is 18.0 Å². The Hall–Kier alpha value is -2.35. The Kier molecular flexibility index (Phi) is 6.37. The van der Waals surface area contributed by atoms with E-state index in [1.165, 1.54) is 18.2 Å². The molecular formula is C16H18ClF3N2O3. The Bertz CT molecular complexity index is 730. The third-order valence-corrected chi connectivity index (χ3v) is 3.69. The van der Waals surface area contributed by atoms with E-state index in [2.05, 4.69) is 10.1 Å². The zero-order chi connectivity index (χ0) is 18.1. The molecular weight excluding hydrogens is 361 g/mol. The number of alkyl halides is 3. The minimum atomic E-state index is -4.57. The molecule has 0 radical (unpaired) electrons. The van der Waals surface area contributed by atoms with Crippen LogP contribution in [0.3, 0.4) is 0 Å². The van der Waals surface area contributed by atoms with Gasteiger partial charge in [0.25, 0.3) is 0 Å². The Morgan fingerprint density at radius 2 is 1.80 bits per heavy atom. The number of carbonyl (C=O) groups excluding carboxylic acids is 1. The third kappa shape index (κ3) is 4.19. The highest BCUT2D eigenvalue weighted by atomic mass is 35.5. The Morgan fingerprint density at radius 1 is 1.20 bits per heavy atom. The van der Waals surface area contributed by atoms with Gasteiger partial charge in [-0.15, -0.1) is 12.4 Å². The van der Waals surface area contributed by atoms with Crippen LogP contribution in [0.2, 0.25) is 0 Å². The van der Waals surface area contributed by atoms with E-state index in [1.807, 2.05) is 0 Å². The molecule has 3 N–H and O–H groups in total. The summed E-state index contributed by atoms with van der Waals surface area (Å²) in [6.07, 6.45) is -5.60. The van der Waals surface area contributed by atoms with Gasteiger partial charge < -0.3 is 20.5 Å². The van der Waals surface area contributed by atoms with Crippen LogP contribution in [0.25, 0.3) is 0 Å². The highest BCUT2D eigenvalue weighted by Gasteiger charge is 2.39. The van der Waals surface area contributed by atoms with Crippen LogP contribution < -0.4 is 11.1 Å². The van der Waals surface area contributed by atoms with Gasteiger partial charge in [-0.2, -0.15) is 13.2 Å². The molecule has 0 spiro atoms. The maximum absolute atomic E-state index is 13.4. The molecule has 1 heterocycles. The molecule has 0 aromatic heterocycles.